The Kier molecular flexibility index (Phi) is 7.46. The Hall–Kier alpha value is -2.75. The first-order chi connectivity index (χ1) is 17.1. The number of ether oxygens (including phenoxy) is 2. The zero-order valence-electron chi connectivity index (χ0n) is 20.8. The van der Waals surface area contributed by atoms with Crippen LogP contribution in [0.2, 0.25) is 0 Å². The monoisotopic (exact) mass is 480 g/mol. The Balaban J connectivity index is 1.43. The fourth-order valence-corrected chi connectivity index (χ4v) is 5.16. The maximum absolute atomic E-state index is 11.9. The average Bonchev–Trinajstić information content (AvgIpc) is 3.37. The molecule has 0 spiro atoms. The summed E-state index contributed by atoms with van der Waals surface area (Å²) >= 11 is 0. The lowest BCUT2D eigenvalue weighted by atomic mass is 10.0. The second-order valence-electron chi connectivity index (χ2n) is 9.69. The van der Waals surface area contributed by atoms with Crippen LogP contribution in [0.1, 0.15) is 31.5 Å². The molecule has 2 aromatic rings. The molecule has 3 aliphatic rings. The molecule has 2 atom stereocenters. The molecule has 1 aromatic carbocycles. The van der Waals surface area contributed by atoms with Crippen LogP contribution >= 0.6 is 0 Å². The van der Waals surface area contributed by atoms with Gasteiger partial charge in [0, 0.05) is 56.1 Å². The zero-order valence-corrected chi connectivity index (χ0v) is 20.8. The number of hydrogen-bond donors (Lipinski definition) is 2. The quantitative estimate of drug-likeness (QED) is 0.657. The van der Waals surface area contributed by atoms with Crippen molar-refractivity contribution in [2.24, 2.45) is 5.92 Å². The third-order valence-corrected chi connectivity index (χ3v) is 7.04. The highest BCUT2D eigenvalue weighted by Gasteiger charge is 2.30. The van der Waals surface area contributed by atoms with E-state index < -0.39 is 0 Å². The van der Waals surface area contributed by atoms with Crippen LogP contribution in [0.25, 0.3) is 11.4 Å². The first-order valence-corrected chi connectivity index (χ1v) is 12.8. The van der Waals surface area contributed by atoms with Gasteiger partial charge < -0.3 is 25.0 Å². The second-order valence-corrected chi connectivity index (χ2v) is 9.69. The molecule has 9 nitrogen and oxygen atoms in total. The third kappa shape index (κ3) is 5.58. The number of morpholine rings is 1. The lowest BCUT2D eigenvalue weighted by molar-refractivity contribution is 0.0983. The zero-order chi connectivity index (χ0) is 24.2. The summed E-state index contributed by atoms with van der Waals surface area (Å²) in [5.41, 5.74) is 4.08. The Labute approximate surface area is 207 Å². The van der Waals surface area contributed by atoms with Crippen molar-refractivity contribution in [3.8, 4) is 11.4 Å². The number of nitrogens with zero attached hydrogens (tertiary/aromatic N) is 4. The molecular weight excluding hydrogens is 444 g/mol. The van der Waals surface area contributed by atoms with Crippen molar-refractivity contribution in [2.75, 3.05) is 62.8 Å². The van der Waals surface area contributed by atoms with Crippen molar-refractivity contribution in [3.63, 3.8) is 0 Å². The number of amides is 2. The molecule has 3 aliphatic heterocycles. The Morgan fingerprint density at radius 2 is 1.94 bits per heavy atom. The highest BCUT2D eigenvalue weighted by molar-refractivity contribution is 5.89. The number of carbonyl (C=O) groups excluding carboxylic acids is 1. The first kappa shape index (κ1) is 24.0. The molecule has 4 heterocycles. The molecule has 35 heavy (non-hydrogen) atoms. The van der Waals surface area contributed by atoms with Crippen molar-refractivity contribution in [3.05, 3.63) is 35.5 Å². The van der Waals surface area contributed by atoms with Crippen LogP contribution in [0.15, 0.2) is 24.3 Å². The Morgan fingerprint density at radius 1 is 1.11 bits per heavy atom. The number of fused-ring (bicyclic) bond motifs is 1. The summed E-state index contributed by atoms with van der Waals surface area (Å²) in [6, 6.07) is 7.82. The summed E-state index contributed by atoms with van der Waals surface area (Å²) in [7, 11) is 0. The summed E-state index contributed by atoms with van der Waals surface area (Å²) in [4.78, 5) is 26.9. The van der Waals surface area contributed by atoms with E-state index in [4.69, 9.17) is 19.4 Å². The van der Waals surface area contributed by atoms with Crippen LogP contribution in [0.5, 0.6) is 0 Å². The number of benzene rings is 1. The SMILES string of the molecule is CCNC(=O)Nc1ccc(-c2nc3c(c(N4CCOCC4C)n2)CCN(CC2CCOC2)C3)cc1. The van der Waals surface area contributed by atoms with Crippen LogP contribution < -0.4 is 15.5 Å². The van der Waals surface area contributed by atoms with E-state index in [1.165, 1.54) is 5.56 Å². The molecule has 2 amide bonds. The first-order valence-electron chi connectivity index (χ1n) is 12.8. The van der Waals surface area contributed by atoms with Gasteiger partial charge in [0.05, 0.1) is 31.6 Å². The summed E-state index contributed by atoms with van der Waals surface area (Å²) in [6.07, 6.45) is 2.10. The van der Waals surface area contributed by atoms with Gasteiger partial charge in [0.25, 0.3) is 0 Å². The number of anilines is 2. The van der Waals surface area contributed by atoms with E-state index >= 15 is 0 Å². The van der Waals surface area contributed by atoms with E-state index in [1.807, 2.05) is 31.2 Å². The van der Waals surface area contributed by atoms with Gasteiger partial charge in [0.2, 0.25) is 0 Å². The van der Waals surface area contributed by atoms with E-state index in [-0.39, 0.29) is 12.1 Å². The van der Waals surface area contributed by atoms with Crippen LogP contribution in [0, 0.1) is 5.92 Å². The van der Waals surface area contributed by atoms with E-state index in [0.717, 1.165) is 80.8 Å². The van der Waals surface area contributed by atoms with E-state index in [1.54, 1.807) is 0 Å². The largest absolute Gasteiger partial charge is 0.381 e. The minimum absolute atomic E-state index is 0.207. The number of rotatable bonds is 6. The number of urea groups is 1. The molecule has 5 rings (SSSR count). The van der Waals surface area contributed by atoms with Crippen LogP contribution in [-0.2, 0) is 22.4 Å². The molecule has 1 aromatic heterocycles. The van der Waals surface area contributed by atoms with Gasteiger partial charge >= 0.3 is 6.03 Å². The number of nitrogens with one attached hydrogen (secondary N) is 2. The molecule has 2 fully saturated rings. The van der Waals surface area contributed by atoms with Crippen molar-refractivity contribution < 1.29 is 14.3 Å². The average molecular weight is 481 g/mol. The highest BCUT2D eigenvalue weighted by atomic mass is 16.5. The Bertz CT molecular complexity index is 1020. The predicted molar refractivity (Wildman–Crippen MR) is 136 cm³/mol. The van der Waals surface area contributed by atoms with Crippen molar-refractivity contribution >= 4 is 17.5 Å². The maximum atomic E-state index is 11.9. The van der Waals surface area contributed by atoms with E-state index in [9.17, 15) is 4.79 Å². The van der Waals surface area contributed by atoms with Crippen LogP contribution in [-0.4, -0.2) is 79.5 Å². The van der Waals surface area contributed by atoms with Gasteiger partial charge in [-0.1, -0.05) is 0 Å². The van der Waals surface area contributed by atoms with E-state index in [2.05, 4.69) is 27.4 Å². The smallest absolute Gasteiger partial charge is 0.319 e. The van der Waals surface area contributed by atoms with Gasteiger partial charge in [0.15, 0.2) is 5.82 Å². The normalized spacial score (nSPS) is 22.6. The van der Waals surface area contributed by atoms with Gasteiger partial charge in [-0.25, -0.2) is 14.8 Å². The Morgan fingerprint density at radius 3 is 2.69 bits per heavy atom. The molecule has 0 bridgehead atoms. The molecule has 188 valence electrons. The topological polar surface area (TPSA) is 91.9 Å². The van der Waals surface area contributed by atoms with Gasteiger partial charge in [-0.3, -0.25) is 4.90 Å². The number of aromatic nitrogens is 2. The molecular formula is C26H36N6O3. The van der Waals surface area contributed by atoms with Gasteiger partial charge in [-0.15, -0.1) is 0 Å². The number of carbonyl (C=O) groups is 1. The minimum Gasteiger partial charge on any atom is -0.381 e. The summed E-state index contributed by atoms with van der Waals surface area (Å²) in [6.45, 7) is 11.6. The van der Waals surface area contributed by atoms with Crippen LogP contribution in [0.4, 0.5) is 16.3 Å². The fraction of sp³-hybridized carbons (Fsp3) is 0.577. The fourth-order valence-electron chi connectivity index (χ4n) is 5.16. The summed E-state index contributed by atoms with van der Waals surface area (Å²) in [5, 5.41) is 5.60. The van der Waals surface area contributed by atoms with Crippen molar-refractivity contribution in [2.45, 2.75) is 39.3 Å². The molecule has 0 saturated carbocycles. The van der Waals surface area contributed by atoms with Gasteiger partial charge in [-0.2, -0.15) is 0 Å². The van der Waals surface area contributed by atoms with Gasteiger partial charge in [0.1, 0.15) is 5.82 Å². The maximum Gasteiger partial charge on any atom is 0.319 e. The number of hydrogen-bond acceptors (Lipinski definition) is 7. The van der Waals surface area contributed by atoms with Gasteiger partial charge in [-0.05, 0) is 56.9 Å². The summed E-state index contributed by atoms with van der Waals surface area (Å²) in [5.74, 6) is 2.39. The standard InChI is InChI=1S/C26H36N6O3/c1-3-27-26(33)28-21-6-4-20(5-7-21)24-29-23-15-31(14-19-9-12-34-17-19)10-8-22(23)25(30-24)32-11-13-35-16-18(32)2/h4-7,18-19H,3,8-17H2,1-2H3,(H2,27,28,33). The van der Waals surface area contributed by atoms with Crippen LogP contribution in [0.3, 0.4) is 0 Å². The van der Waals surface area contributed by atoms with Crippen molar-refractivity contribution in [1.29, 1.82) is 0 Å². The van der Waals surface area contributed by atoms with E-state index in [0.29, 0.717) is 25.7 Å². The molecule has 2 saturated heterocycles. The molecule has 2 N–H and O–H groups in total. The minimum atomic E-state index is -0.207. The predicted octanol–water partition coefficient (Wildman–Crippen LogP) is 2.90. The highest BCUT2D eigenvalue weighted by Crippen LogP contribution is 2.32. The summed E-state index contributed by atoms with van der Waals surface area (Å²) < 4.78 is 11.3. The lowest BCUT2D eigenvalue weighted by Crippen LogP contribution is -2.45. The van der Waals surface area contributed by atoms with Crippen molar-refractivity contribution in [1.82, 2.24) is 20.2 Å². The second kappa shape index (κ2) is 10.9. The molecule has 0 radical (unpaired) electrons. The molecule has 0 aliphatic carbocycles. The molecule has 2 unspecified atom stereocenters. The molecule has 9 heteroatoms. The lowest BCUT2D eigenvalue weighted by Gasteiger charge is -2.38. The third-order valence-electron chi connectivity index (χ3n) is 7.04.